The van der Waals surface area contributed by atoms with Crippen LogP contribution < -0.4 is 20.4 Å². The molecule has 6 nitrogen and oxygen atoms in total. The number of fused-ring (bicyclic) bond motifs is 3. The first kappa shape index (κ1) is 20.2. The molecule has 0 amide bonds. The summed E-state index contributed by atoms with van der Waals surface area (Å²) >= 11 is 1.63. The molecule has 1 saturated heterocycles. The predicted molar refractivity (Wildman–Crippen MR) is 132 cm³/mol. The van der Waals surface area contributed by atoms with Crippen molar-refractivity contribution in [1.29, 1.82) is 0 Å². The van der Waals surface area contributed by atoms with E-state index in [1.165, 1.54) is 11.0 Å². The van der Waals surface area contributed by atoms with Gasteiger partial charge >= 0.3 is 0 Å². The summed E-state index contributed by atoms with van der Waals surface area (Å²) in [6, 6.07) is 10.8. The molecule has 1 aliphatic rings. The molecule has 4 heterocycles. The highest BCUT2D eigenvalue weighted by Gasteiger charge is 2.22. The van der Waals surface area contributed by atoms with Crippen molar-refractivity contribution in [2.45, 2.75) is 20.3 Å². The first-order valence-electron chi connectivity index (χ1n) is 11.0. The molecule has 0 spiro atoms. The van der Waals surface area contributed by atoms with Crippen LogP contribution in [-0.4, -0.2) is 55.6 Å². The zero-order valence-corrected chi connectivity index (χ0v) is 19.1. The van der Waals surface area contributed by atoms with E-state index in [0.29, 0.717) is 12.5 Å². The summed E-state index contributed by atoms with van der Waals surface area (Å²) in [5.41, 5.74) is 5.62. The maximum Gasteiger partial charge on any atom is 0.236 e. The van der Waals surface area contributed by atoms with Gasteiger partial charge in [0.1, 0.15) is 22.9 Å². The van der Waals surface area contributed by atoms with Crippen molar-refractivity contribution in [2.24, 2.45) is 0 Å². The first-order valence-corrected chi connectivity index (χ1v) is 11.8. The molecule has 0 radical (unpaired) electrons. The van der Waals surface area contributed by atoms with Crippen molar-refractivity contribution < 1.29 is 4.74 Å². The van der Waals surface area contributed by atoms with Crippen molar-refractivity contribution in [3.05, 3.63) is 35.9 Å². The topological polar surface area (TPSA) is 63.2 Å². The molecular weight excluding hydrogens is 405 g/mol. The highest BCUT2D eigenvalue weighted by atomic mass is 32.1. The molecule has 0 saturated carbocycles. The van der Waals surface area contributed by atoms with E-state index in [-0.39, 0.29) is 0 Å². The fraction of sp³-hybridized carbons (Fsp3) is 0.348. The Morgan fingerprint density at radius 1 is 1.10 bits per heavy atom. The lowest BCUT2D eigenvalue weighted by atomic mass is 9.94. The van der Waals surface area contributed by atoms with E-state index in [9.17, 15) is 0 Å². The van der Waals surface area contributed by atoms with Gasteiger partial charge in [-0.3, -0.25) is 0 Å². The Hall–Kier alpha value is -2.71. The van der Waals surface area contributed by atoms with Crippen LogP contribution in [-0.2, 0) is 6.42 Å². The summed E-state index contributed by atoms with van der Waals surface area (Å²) in [5.74, 6) is 1.42. The molecule has 3 aromatic heterocycles. The number of thiophene rings is 1. The number of hydrogen-bond acceptors (Lipinski definition) is 7. The third-order valence-corrected chi connectivity index (χ3v) is 6.80. The van der Waals surface area contributed by atoms with Crippen LogP contribution in [0.3, 0.4) is 0 Å². The summed E-state index contributed by atoms with van der Waals surface area (Å²) in [6.45, 7) is 8.44. The van der Waals surface area contributed by atoms with E-state index in [1.807, 2.05) is 6.92 Å². The number of rotatable bonds is 5. The Kier molecular flexibility index (Phi) is 5.50. The highest BCUT2D eigenvalue weighted by Crippen LogP contribution is 2.40. The van der Waals surface area contributed by atoms with Crippen molar-refractivity contribution in [3.8, 4) is 17.1 Å². The van der Waals surface area contributed by atoms with Crippen LogP contribution in [0, 0.1) is 0 Å². The average Bonchev–Trinajstić information content (AvgIpc) is 3.18. The fourth-order valence-corrected chi connectivity index (χ4v) is 5.17. The minimum Gasteiger partial charge on any atom is -0.477 e. The van der Waals surface area contributed by atoms with Gasteiger partial charge in [-0.15, -0.1) is 11.3 Å². The third-order valence-electron chi connectivity index (χ3n) is 5.74. The van der Waals surface area contributed by atoms with Gasteiger partial charge in [-0.25, -0.2) is 9.97 Å². The van der Waals surface area contributed by atoms with Crippen LogP contribution in [0.2, 0.25) is 0 Å². The summed E-state index contributed by atoms with van der Waals surface area (Å²) in [7, 11) is 2.10. The van der Waals surface area contributed by atoms with E-state index in [1.54, 1.807) is 11.3 Å². The number of nitrogens with zero attached hydrogens (tertiary/aromatic N) is 4. The van der Waals surface area contributed by atoms with Crippen LogP contribution >= 0.6 is 11.3 Å². The van der Waals surface area contributed by atoms with Crippen molar-refractivity contribution >= 4 is 51.0 Å². The largest absolute Gasteiger partial charge is 0.477 e. The van der Waals surface area contributed by atoms with Gasteiger partial charge in [0, 0.05) is 37.1 Å². The molecule has 0 aliphatic carbocycles. The molecule has 158 valence electrons. The lowest BCUT2D eigenvalue weighted by Crippen LogP contribution is -2.44. The number of ether oxygens (including phenoxy) is 1. The second-order valence-corrected chi connectivity index (χ2v) is 8.84. The lowest BCUT2D eigenvalue weighted by molar-refractivity contribution is 0.331. The minimum absolute atomic E-state index is 0.573. The van der Waals surface area contributed by atoms with Gasteiger partial charge in [-0.1, -0.05) is 36.7 Å². The van der Waals surface area contributed by atoms with Crippen LogP contribution in [0.1, 0.15) is 19.4 Å². The Balaban J connectivity index is 1.73. The molecule has 4 aromatic rings. The van der Waals surface area contributed by atoms with Crippen LogP contribution in [0.25, 0.3) is 31.7 Å². The second-order valence-electron chi connectivity index (χ2n) is 7.84. The van der Waals surface area contributed by atoms with Crippen LogP contribution in [0.4, 0.5) is 5.95 Å². The average molecular weight is 431 g/mol. The molecule has 1 aromatic carbocycles. The van der Waals surface area contributed by atoms with Crippen LogP contribution in [0.5, 0.6) is 5.88 Å². The van der Waals surface area contributed by atoms with Gasteiger partial charge in [-0.2, -0.15) is 4.98 Å². The monoisotopic (exact) mass is 431 g/mol. The number of anilines is 1. The molecule has 31 heavy (non-hydrogen) atoms. The molecule has 1 N–H and O–H groups in total. The second kappa shape index (κ2) is 8.44. The van der Waals surface area contributed by atoms with E-state index in [2.05, 4.69) is 55.3 Å². The van der Waals surface area contributed by atoms with Gasteiger partial charge in [0.15, 0.2) is 0 Å². The lowest BCUT2D eigenvalue weighted by Gasteiger charge is -2.27. The maximum atomic E-state index is 5.97. The number of piperazine rings is 1. The zero-order chi connectivity index (χ0) is 21.4. The quantitative estimate of drug-likeness (QED) is 0.490. The normalized spacial score (nSPS) is 14.5. The van der Waals surface area contributed by atoms with Crippen molar-refractivity contribution in [2.75, 3.05) is 37.7 Å². The van der Waals surface area contributed by atoms with Crippen LogP contribution in [0.15, 0.2) is 30.3 Å². The van der Waals surface area contributed by atoms with E-state index in [4.69, 9.17) is 19.7 Å². The van der Waals surface area contributed by atoms with Gasteiger partial charge in [0.25, 0.3) is 0 Å². The van der Waals surface area contributed by atoms with Gasteiger partial charge < -0.3 is 15.0 Å². The Labute approximate surface area is 187 Å². The molecular formula is C23H26BN5OS. The highest BCUT2D eigenvalue weighted by molar-refractivity contribution is 7.25. The van der Waals surface area contributed by atoms with Crippen molar-refractivity contribution in [3.63, 3.8) is 0 Å². The standard InChI is InChI=1S/C23H26BN5OS/c1-3-14-13-17(15-5-7-16(24)8-6-15)26-22-18(14)19-20(31-22)21(30-4-2)28-23(27-19)29-11-9-25-10-12-29/h5-8,13,25H,3-4,9-12,24H2,1-2H3. The summed E-state index contributed by atoms with van der Waals surface area (Å²) in [6.07, 6.45) is 0.917. The number of pyridine rings is 1. The summed E-state index contributed by atoms with van der Waals surface area (Å²) in [5, 5.41) is 4.53. The SMILES string of the molecule is Bc1ccc(-c2cc(CC)c3c(n2)sc2c(OCC)nc(N4CCNCC4)nc23)cc1. The Morgan fingerprint density at radius 3 is 2.58 bits per heavy atom. The van der Waals surface area contributed by atoms with E-state index in [0.717, 1.165) is 70.2 Å². The molecule has 0 atom stereocenters. The zero-order valence-electron chi connectivity index (χ0n) is 18.2. The Morgan fingerprint density at radius 2 is 1.87 bits per heavy atom. The molecule has 0 bridgehead atoms. The molecule has 1 aliphatic heterocycles. The molecule has 0 unspecified atom stereocenters. The first-order chi connectivity index (χ1) is 15.2. The number of nitrogens with one attached hydrogen (secondary N) is 1. The Bertz CT molecular complexity index is 1230. The molecule has 8 heteroatoms. The van der Waals surface area contributed by atoms with Crippen molar-refractivity contribution in [1.82, 2.24) is 20.3 Å². The predicted octanol–water partition coefficient (Wildman–Crippen LogP) is 2.54. The number of aryl methyl sites for hydroxylation is 1. The molecule has 1 fully saturated rings. The minimum atomic E-state index is 0.573. The van der Waals surface area contributed by atoms with E-state index >= 15 is 0 Å². The summed E-state index contributed by atoms with van der Waals surface area (Å²) in [4.78, 5) is 18.1. The summed E-state index contributed by atoms with van der Waals surface area (Å²) < 4.78 is 6.96. The number of benzene rings is 1. The third kappa shape index (κ3) is 3.74. The van der Waals surface area contributed by atoms with E-state index < -0.39 is 0 Å². The van der Waals surface area contributed by atoms with Gasteiger partial charge in [-0.05, 0) is 25.0 Å². The fourth-order valence-electron chi connectivity index (χ4n) is 4.07. The maximum absolute atomic E-state index is 5.97. The van der Waals surface area contributed by atoms with Gasteiger partial charge in [0.05, 0.1) is 12.3 Å². The smallest absolute Gasteiger partial charge is 0.236 e. The molecule has 5 rings (SSSR count). The number of hydrogen-bond donors (Lipinski definition) is 1. The number of aromatic nitrogens is 3. The van der Waals surface area contributed by atoms with Gasteiger partial charge in [0.2, 0.25) is 11.8 Å².